The zero-order chi connectivity index (χ0) is 13.8. The number of benzene rings is 1. The standard InChI is InChI=1S/C16H20N4/c17-9-4-10-18-14-11-19-16(13-5-2-1-3-6-13)20-15(14)12-7-8-12/h1-3,5-6,11-12,18H,4,7-10,17H2. The normalized spacial score (nSPS) is 14.2. The van der Waals surface area contributed by atoms with Crippen molar-refractivity contribution >= 4 is 5.69 Å². The second-order valence-electron chi connectivity index (χ2n) is 5.20. The molecule has 4 nitrogen and oxygen atoms in total. The van der Waals surface area contributed by atoms with Crippen molar-refractivity contribution in [2.75, 3.05) is 18.4 Å². The SMILES string of the molecule is NCCCNc1cnc(-c2ccccc2)nc1C1CC1. The third-order valence-corrected chi connectivity index (χ3v) is 3.51. The number of rotatable bonds is 6. The minimum Gasteiger partial charge on any atom is -0.382 e. The smallest absolute Gasteiger partial charge is 0.159 e. The number of hydrogen-bond acceptors (Lipinski definition) is 4. The molecule has 4 heteroatoms. The molecule has 1 aromatic carbocycles. The van der Waals surface area contributed by atoms with Crippen LogP contribution >= 0.6 is 0 Å². The summed E-state index contributed by atoms with van der Waals surface area (Å²) in [6, 6.07) is 10.1. The van der Waals surface area contributed by atoms with Gasteiger partial charge in [0, 0.05) is 18.0 Å². The lowest BCUT2D eigenvalue weighted by Crippen LogP contribution is -2.11. The van der Waals surface area contributed by atoms with Gasteiger partial charge < -0.3 is 11.1 Å². The van der Waals surface area contributed by atoms with Crippen molar-refractivity contribution in [1.29, 1.82) is 0 Å². The zero-order valence-corrected chi connectivity index (χ0v) is 11.5. The first-order chi connectivity index (χ1) is 9.88. The molecule has 0 bridgehead atoms. The Morgan fingerprint density at radius 2 is 2.00 bits per heavy atom. The molecule has 20 heavy (non-hydrogen) atoms. The van der Waals surface area contributed by atoms with Gasteiger partial charge >= 0.3 is 0 Å². The lowest BCUT2D eigenvalue weighted by Gasteiger charge is -2.11. The summed E-state index contributed by atoms with van der Waals surface area (Å²) in [4.78, 5) is 9.27. The van der Waals surface area contributed by atoms with Crippen LogP contribution in [-0.4, -0.2) is 23.1 Å². The fourth-order valence-electron chi connectivity index (χ4n) is 2.25. The minimum atomic E-state index is 0.598. The van der Waals surface area contributed by atoms with E-state index in [1.54, 1.807) is 0 Å². The predicted molar refractivity (Wildman–Crippen MR) is 81.6 cm³/mol. The number of nitrogens with zero attached hydrogens (tertiary/aromatic N) is 2. The van der Waals surface area contributed by atoms with Gasteiger partial charge in [-0.05, 0) is 25.8 Å². The molecule has 1 saturated carbocycles. The Labute approximate surface area is 119 Å². The molecule has 104 valence electrons. The summed E-state index contributed by atoms with van der Waals surface area (Å²) in [5.74, 6) is 1.41. The van der Waals surface area contributed by atoms with E-state index in [1.807, 2.05) is 36.5 Å². The quantitative estimate of drug-likeness (QED) is 0.791. The summed E-state index contributed by atoms with van der Waals surface area (Å²) in [5, 5.41) is 3.41. The highest BCUT2D eigenvalue weighted by Gasteiger charge is 2.28. The van der Waals surface area contributed by atoms with Gasteiger partial charge in [0.05, 0.1) is 17.6 Å². The Hall–Kier alpha value is -1.94. The molecule has 1 aliphatic rings. The molecule has 0 saturated heterocycles. The molecule has 3 rings (SSSR count). The maximum atomic E-state index is 5.53. The van der Waals surface area contributed by atoms with Crippen LogP contribution in [-0.2, 0) is 0 Å². The summed E-state index contributed by atoms with van der Waals surface area (Å²) >= 11 is 0. The van der Waals surface area contributed by atoms with Gasteiger partial charge in [0.25, 0.3) is 0 Å². The molecule has 0 unspecified atom stereocenters. The van der Waals surface area contributed by atoms with E-state index in [1.165, 1.54) is 12.8 Å². The Balaban J connectivity index is 1.86. The van der Waals surface area contributed by atoms with Crippen LogP contribution in [0.5, 0.6) is 0 Å². The molecule has 1 fully saturated rings. The van der Waals surface area contributed by atoms with E-state index in [0.717, 1.165) is 35.7 Å². The van der Waals surface area contributed by atoms with E-state index in [-0.39, 0.29) is 0 Å². The van der Waals surface area contributed by atoms with Crippen molar-refractivity contribution in [3.8, 4) is 11.4 Å². The van der Waals surface area contributed by atoms with Crippen molar-refractivity contribution in [1.82, 2.24) is 9.97 Å². The first-order valence-corrected chi connectivity index (χ1v) is 7.25. The molecule has 0 radical (unpaired) electrons. The highest BCUT2D eigenvalue weighted by Crippen LogP contribution is 2.42. The summed E-state index contributed by atoms with van der Waals surface area (Å²) in [6.07, 6.45) is 5.34. The maximum Gasteiger partial charge on any atom is 0.159 e. The number of nitrogens with two attached hydrogens (primary N) is 1. The second-order valence-corrected chi connectivity index (χ2v) is 5.20. The van der Waals surface area contributed by atoms with Gasteiger partial charge in [-0.25, -0.2) is 9.97 Å². The molecule has 0 spiro atoms. The lowest BCUT2D eigenvalue weighted by atomic mass is 10.2. The average molecular weight is 268 g/mol. The number of nitrogens with one attached hydrogen (secondary N) is 1. The summed E-state index contributed by atoms with van der Waals surface area (Å²) in [5.41, 5.74) is 8.84. The zero-order valence-electron chi connectivity index (χ0n) is 11.5. The molecule has 0 aliphatic heterocycles. The Kier molecular flexibility index (Phi) is 3.92. The molecular formula is C16H20N4. The van der Waals surface area contributed by atoms with E-state index in [0.29, 0.717) is 12.5 Å². The van der Waals surface area contributed by atoms with Gasteiger partial charge in [0.2, 0.25) is 0 Å². The molecule has 0 amide bonds. The Morgan fingerprint density at radius 1 is 1.20 bits per heavy atom. The van der Waals surface area contributed by atoms with Crippen LogP contribution < -0.4 is 11.1 Å². The van der Waals surface area contributed by atoms with Crippen molar-refractivity contribution < 1.29 is 0 Å². The molecule has 2 aromatic rings. The Morgan fingerprint density at radius 3 is 2.70 bits per heavy atom. The minimum absolute atomic E-state index is 0.598. The largest absolute Gasteiger partial charge is 0.382 e. The number of aromatic nitrogens is 2. The summed E-state index contributed by atoms with van der Waals surface area (Å²) in [6.45, 7) is 1.58. The van der Waals surface area contributed by atoms with E-state index in [2.05, 4.69) is 10.3 Å². The van der Waals surface area contributed by atoms with E-state index < -0.39 is 0 Å². The third-order valence-electron chi connectivity index (χ3n) is 3.51. The topological polar surface area (TPSA) is 63.8 Å². The van der Waals surface area contributed by atoms with Crippen molar-refractivity contribution in [3.05, 3.63) is 42.2 Å². The fraction of sp³-hybridized carbons (Fsp3) is 0.375. The van der Waals surface area contributed by atoms with Gasteiger partial charge in [0.1, 0.15) is 0 Å². The third kappa shape index (κ3) is 2.96. The van der Waals surface area contributed by atoms with E-state index in [9.17, 15) is 0 Å². The van der Waals surface area contributed by atoms with Crippen LogP contribution in [0.4, 0.5) is 5.69 Å². The molecule has 1 aromatic heterocycles. The van der Waals surface area contributed by atoms with Gasteiger partial charge in [-0.15, -0.1) is 0 Å². The molecule has 1 aliphatic carbocycles. The van der Waals surface area contributed by atoms with Crippen molar-refractivity contribution in [2.45, 2.75) is 25.2 Å². The van der Waals surface area contributed by atoms with Gasteiger partial charge in [0.15, 0.2) is 5.82 Å². The average Bonchev–Trinajstić information content (AvgIpc) is 3.33. The predicted octanol–water partition coefficient (Wildman–Crippen LogP) is 2.78. The second kappa shape index (κ2) is 6.01. The fourth-order valence-corrected chi connectivity index (χ4v) is 2.25. The number of hydrogen-bond donors (Lipinski definition) is 2. The van der Waals surface area contributed by atoms with Crippen LogP contribution in [0.2, 0.25) is 0 Å². The highest BCUT2D eigenvalue weighted by molar-refractivity contribution is 5.59. The van der Waals surface area contributed by atoms with E-state index >= 15 is 0 Å². The Bertz CT molecular complexity index is 564. The number of anilines is 1. The van der Waals surface area contributed by atoms with Gasteiger partial charge in [-0.2, -0.15) is 0 Å². The van der Waals surface area contributed by atoms with Crippen LogP contribution in [0, 0.1) is 0 Å². The van der Waals surface area contributed by atoms with Crippen molar-refractivity contribution in [2.24, 2.45) is 5.73 Å². The lowest BCUT2D eigenvalue weighted by molar-refractivity contribution is 0.866. The molecule has 3 N–H and O–H groups in total. The van der Waals surface area contributed by atoms with E-state index in [4.69, 9.17) is 10.7 Å². The van der Waals surface area contributed by atoms with Crippen LogP contribution in [0.3, 0.4) is 0 Å². The first-order valence-electron chi connectivity index (χ1n) is 7.25. The van der Waals surface area contributed by atoms with Crippen LogP contribution in [0.15, 0.2) is 36.5 Å². The van der Waals surface area contributed by atoms with Crippen LogP contribution in [0.25, 0.3) is 11.4 Å². The monoisotopic (exact) mass is 268 g/mol. The maximum absolute atomic E-state index is 5.53. The molecular weight excluding hydrogens is 248 g/mol. The first kappa shape index (κ1) is 13.1. The van der Waals surface area contributed by atoms with Crippen LogP contribution in [0.1, 0.15) is 30.9 Å². The summed E-state index contributed by atoms with van der Waals surface area (Å²) < 4.78 is 0. The van der Waals surface area contributed by atoms with Gasteiger partial charge in [-0.3, -0.25) is 0 Å². The summed E-state index contributed by atoms with van der Waals surface area (Å²) in [7, 11) is 0. The van der Waals surface area contributed by atoms with Crippen molar-refractivity contribution in [3.63, 3.8) is 0 Å². The van der Waals surface area contributed by atoms with Gasteiger partial charge in [-0.1, -0.05) is 30.3 Å². The highest BCUT2D eigenvalue weighted by atomic mass is 15.0. The molecule has 1 heterocycles. The molecule has 0 atom stereocenters.